The molecular formula is C18H22F4N4O2. The van der Waals surface area contributed by atoms with Crippen LogP contribution in [0.4, 0.5) is 17.6 Å². The third-order valence-electron chi connectivity index (χ3n) is 4.16. The van der Waals surface area contributed by atoms with Crippen molar-refractivity contribution in [2.75, 3.05) is 13.1 Å². The van der Waals surface area contributed by atoms with E-state index in [-0.39, 0.29) is 17.2 Å². The van der Waals surface area contributed by atoms with Crippen molar-refractivity contribution in [2.45, 2.75) is 46.0 Å². The minimum Gasteiger partial charge on any atom is -0.348 e. The summed E-state index contributed by atoms with van der Waals surface area (Å²) < 4.78 is 56.1. The van der Waals surface area contributed by atoms with Crippen LogP contribution in [0.5, 0.6) is 0 Å². The SMILES string of the molecule is CCN(C[C@@H](C)NC(=O)c1ccc(-c2noc(C(F)(F)F)n2)cc1F)C(C)C. The number of nitrogens with zero attached hydrogens (tertiary/aromatic N) is 3. The fourth-order valence-electron chi connectivity index (χ4n) is 2.70. The minimum atomic E-state index is -4.79. The molecule has 0 bridgehead atoms. The van der Waals surface area contributed by atoms with Crippen molar-refractivity contribution in [3.8, 4) is 11.4 Å². The summed E-state index contributed by atoms with van der Waals surface area (Å²) in [6.07, 6.45) is -4.79. The lowest BCUT2D eigenvalue weighted by Crippen LogP contribution is -2.44. The van der Waals surface area contributed by atoms with E-state index in [1.165, 1.54) is 12.1 Å². The second-order valence-corrected chi connectivity index (χ2v) is 6.67. The summed E-state index contributed by atoms with van der Waals surface area (Å²) in [6, 6.07) is 3.42. The zero-order chi connectivity index (χ0) is 21.1. The molecule has 0 aliphatic rings. The number of aromatic nitrogens is 2. The molecule has 6 nitrogen and oxygen atoms in total. The van der Waals surface area contributed by atoms with E-state index in [9.17, 15) is 22.4 Å². The van der Waals surface area contributed by atoms with Crippen molar-refractivity contribution in [2.24, 2.45) is 0 Å². The zero-order valence-corrected chi connectivity index (χ0v) is 16.0. The molecule has 10 heteroatoms. The molecule has 0 aliphatic carbocycles. The van der Waals surface area contributed by atoms with Crippen LogP contribution in [-0.4, -0.2) is 46.1 Å². The van der Waals surface area contributed by atoms with Crippen molar-refractivity contribution < 1.29 is 26.9 Å². The average molecular weight is 402 g/mol. The van der Waals surface area contributed by atoms with Gasteiger partial charge in [0, 0.05) is 24.2 Å². The molecule has 0 fully saturated rings. The molecule has 1 heterocycles. The largest absolute Gasteiger partial charge is 0.471 e. The van der Waals surface area contributed by atoms with Gasteiger partial charge in [-0.15, -0.1) is 0 Å². The van der Waals surface area contributed by atoms with E-state index in [1.807, 2.05) is 27.7 Å². The van der Waals surface area contributed by atoms with Gasteiger partial charge in [-0.25, -0.2) is 4.39 Å². The van der Waals surface area contributed by atoms with Gasteiger partial charge in [-0.3, -0.25) is 9.69 Å². The van der Waals surface area contributed by atoms with Crippen LogP contribution in [0.3, 0.4) is 0 Å². The fraction of sp³-hybridized carbons (Fsp3) is 0.500. The van der Waals surface area contributed by atoms with E-state index >= 15 is 0 Å². The van der Waals surface area contributed by atoms with Gasteiger partial charge in [0.2, 0.25) is 5.82 Å². The number of benzene rings is 1. The monoisotopic (exact) mass is 402 g/mol. The molecule has 1 amide bonds. The Hall–Kier alpha value is -2.49. The highest BCUT2D eigenvalue weighted by atomic mass is 19.4. The second-order valence-electron chi connectivity index (χ2n) is 6.67. The van der Waals surface area contributed by atoms with Gasteiger partial charge in [0.1, 0.15) is 5.82 Å². The first kappa shape index (κ1) is 21.8. The average Bonchev–Trinajstić information content (AvgIpc) is 3.09. The van der Waals surface area contributed by atoms with Crippen molar-refractivity contribution in [3.05, 3.63) is 35.5 Å². The van der Waals surface area contributed by atoms with E-state index < -0.39 is 29.6 Å². The first-order valence-electron chi connectivity index (χ1n) is 8.78. The van der Waals surface area contributed by atoms with Crippen LogP contribution < -0.4 is 5.32 Å². The van der Waals surface area contributed by atoms with Crippen LogP contribution in [0.25, 0.3) is 11.4 Å². The molecule has 1 aromatic heterocycles. The van der Waals surface area contributed by atoms with E-state index in [4.69, 9.17) is 0 Å². The van der Waals surface area contributed by atoms with Gasteiger partial charge in [0.05, 0.1) is 5.56 Å². The minimum absolute atomic E-state index is 0.0293. The van der Waals surface area contributed by atoms with Gasteiger partial charge in [-0.05, 0) is 39.4 Å². The maximum Gasteiger partial charge on any atom is 0.471 e. The van der Waals surface area contributed by atoms with Gasteiger partial charge in [-0.1, -0.05) is 18.1 Å². The van der Waals surface area contributed by atoms with Gasteiger partial charge < -0.3 is 9.84 Å². The van der Waals surface area contributed by atoms with Gasteiger partial charge in [-0.2, -0.15) is 18.2 Å². The van der Waals surface area contributed by atoms with Crippen molar-refractivity contribution >= 4 is 5.91 Å². The van der Waals surface area contributed by atoms with Crippen LogP contribution in [0.1, 0.15) is 43.9 Å². The van der Waals surface area contributed by atoms with Crippen molar-refractivity contribution in [3.63, 3.8) is 0 Å². The molecule has 0 radical (unpaired) electrons. The number of carbonyl (C=O) groups excluding carboxylic acids is 1. The predicted octanol–water partition coefficient (Wildman–Crippen LogP) is 3.74. The fourth-order valence-corrected chi connectivity index (χ4v) is 2.70. The lowest BCUT2D eigenvalue weighted by molar-refractivity contribution is -0.159. The van der Waals surface area contributed by atoms with Crippen molar-refractivity contribution in [1.82, 2.24) is 20.4 Å². The number of halogens is 4. The quantitative estimate of drug-likeness (QED) is 0.715. The Balaban J connectivity index is 2.11. The summed E-state index contributed by atoms with van der Waals surface area (Å²) in [5, 5.41) is 5.92. The highest BCUT2D eigenvalue weighted by Gasteiger charge is 2.38. The van der Waals surface area contributed by atoms with E-state index in [1.54, 1.807) is 0 Å². The number of amides is 1. The standard InChI is InChI=1S/C18H22F4N4O2/c1-5-26(10(2)3)9-11(4)23-16(27)13-7-6-12(8-14(13)19)15-24-17(28-25-15)18(20,21)22/h6-8,10-11H,5,9H2,1-4H3,(H,23,27)/t11-/m1/s1. The Morgan fingerprint density at radius 1 is 1.29 bits per heavy atom. The molecule has 28 heavy (non-hydrogen) atoms. The third-order valence-corrected chi connectivity index (χ3v) is 4.16. The molecule has 1 aromatic carbocycles. The number of rotatable bonds is 7. The number of likely N-dealkylation sites (N-methyl/N-ethyl adjacent to an activating group) is 1. The Labute approximate surface area is 159 Å². The lowest BCUT2D eigenvalue weighted by Gasteiger charge is -2.28. The van der Waals surface area contributed by atoms with E-state index in [2.05, 4.69) is 24.9 Å². The molecule has 2 aromatic rings. The topological polar surface area (TPSA) is 71.3 Å². The molecule has 1 N–H and O–H groups in total. The normalized spacial score (nSPS) is 13.2. The predicted molar refractivity (Wildman–Crippen MR) is 94.0 cm³/mol. The number of hydrogen-bond acceptors (Lipinski definition) is 5. The number of nitrogens with one attached hydrogen (secondary N) is 1. The second kappa shape index (κ2) is 8.68. The lowest BCUT2D eigenvalue weighted by atomic mass is 10.1. The first-order chi connectivity index (χ1) is 13.0. The summed E-state index contributed by atoms with van der Waals surface area (Å²) >= 11 is 0. The highest BCUT2D eigenvalue weighted by molar-refractivity contribution is 5.95. The summed E-state index contributed by atoms with van der Waals surface area (Å²) in [6.45, 7) is 9.31. The molecular weight excluding hydrogens is 380 g/mol. The summed E-state index contributed by atoms with van der Waals surface area (Å²) in [4.78, 5) is 17.7. The Morgan fingerprint density at radius 2 is 1.96 bits per heavy atom. The molecule has 0 aliphatic heterocycles. The Kier molecular flexibility index (Phi) is 6.76. The maximum atomic E-state index is 14.4. The van der Waals surface area contributed by atoms with Gasteiger partial charge in [0.25, 0.3) is 5.91 Å². The molecule has 0 unspecified atom stereocenters. The third kappa shape index (κ3) is 5.28. The molecule has 154 valence electrons. The van der Waals surface area contributed by atoms with Crippen LogP contribution in [0, 0.1) is 5.82 Å². The van der Waals surface area contributed by atoms with Crippen LogP contribution in [0.2, 0.25) is 0 Å². The molecule has 0 saturated heterocycles. The van der Waals surface area contributed by atoms with Crippen LogP contribution in [0.15, 0.2) is 22.7 Å². The zero-order valence-electron chi connectivity index (χ0n) is 16.0. The highest BCUT2D eigenvalue weighted by Crippen LogP contribution is 2.29. The number of carbonyl (C=O) groups is 1. The van der Waals surface area contributed by atoms with Gasteiger partial charge in [0.15, 0.2) is 0 Å². The number of hydrogen-bond donors (Lipinski definition) is 1. The number of alkyl halides is 3. The Bertz CT molecular complexity index is 820. The van der Waals surface area contributed by atoms with E-state index in [0.29, 0.717) is 12.6 Å². The summed E-state index contributed by atoms with van der Waals surface area (Å²) in [5.41, 5.74) is -0.249. The van der Waals surface area contributed by atoms with Crippen LogP contribution >= 0.6 is 0 Å². The molecule has 2 rings (SSSR count). The van der Waals surface area contributed by atoms with Crippen LogP contribution in [-0.2, 0) is 6.18 Å². The van der Waals surface area contributed by atoms with E-state index in [0.717, 1.165) is 12.6 Å². The Morgan fingerprint density at radius 3 is 2.46 bits per heavy atom. The van der Waals surface area contributed by atoms with Gasteiger partial charge >= 0.3 is 12.1 Å². The molecule has 0 spiro atoms. The summed E-state index contributed by atoms with van der Waals surface area (Å²) in [5.74, 6) is -3.44. The smallest absolute Gasteiger partial charge is 0.348 e. The van der Waals surface area contributed by atoms with Crippen molar-refractivity contribution in [1.29, 1.82) is 0 Å². The maximum absolute atomic E-state index is 14.4. The summed E-state index contributed by atoms with van der Waals surface area (Å²) in [7, 11) is 0. The first-order valence-corrected chi connectivity index (χ1v) is 8.78. The molecule has 0 saturated carbocycles. The molecule has 1 atom stereocenters.